The van der Waals surface area contributed by atoms with Crippen molar-refractivity contribution in [2.24, 2.45) is 0 Å². The van der Waals surface area contributed by atoms with Crippen LogP contribution in [-0.4, -0.2) is 41.7 Å². The van der Waals surface area contributed by atoms with Gasteiger partial charge in [-0.15, -0.1) is 0 Å². The summed E-state index contributed by atoms with van der Waals surface area (Å²) in [4.78, 5) is 12.6. The minimum absolute atomic E-state index is 0.0314. The molecule has 4 unspecified atom stereocenters. The van der Waals surface area contributed by atoms with E-state index in [1.165, 1.54) is 81.8 Å². The van der Waals surface area contributed by atoms with Crippen molar-refractivity contribution < 1.29 is 28.1 Å². The largest absolute Gasteiger partial charge is 0.387 e. The van der Waals surface area contributed by atoms with Gasteiger partial charge in [0, 0.05) is 12.4 Å². The Balaban J connectivity index is 2.41. The molecule has 41 heavy (non-hydrogen) atoms. The third-order valence-electron chi connectivity index (χ3n) is 7.56. The maximum Gasteiger partial charge on any atom is 0.386 e. The van der Waals surface area contributed by atoms with E-state index in [1.54, 1.807) is 0 Å². The maximum absolute atomic E-state index is 12.6. The number of rotatable bonds is 27. The van der Waals surface area contributed by atoms with E-state index in [0.29, 0.717) is 18.3 Å². The van der Waals surface area contributed by atoms with Crippen molar-refractivity contribution in [3.8, 4) is 0 Å². The zero-order chi connectivity index (χ0) is 30.2. The van der Waals surface area contributed by atoms with Crippen LogP contribution < -0.4 is 0 Å². The smallest absolute Gasteiger partial charge is 0.386 e. The molecule has 8 heteroatoms. The van der Waals surface area contributed by atoms with Gasteiger partial charge in [-0.05, 0) is 49.7 Å². The second-order valence-corrected chi connectivity index (χ2v) is 13.1. The van der Waals surface area contributed by atoms with Crippen LogP contribution in [0.4, 0.5) is 0 Å². The van der Waals surface area contributed by atoms with Gasteiger partial charge in [-0.1, -0.05) is 122 Å². The molecular formula is C33H59O6PS. The van der Waals surface area contributed by atoms with Gasteiger partial charge in [-0.2, -0.15) is 0 Å². The van der Waals surface area contributed by atoms with Gasteiger partial charge in [0.2, 0.25) is 0 Å². The lowest BCUT2D eigenvalue weighted by molar-refractivity contribution is -0.192. The Morgan fingerprint density at radius 3 is 2.20 bits per heavy atom. The zero-order valence-electron chi connectivity index (χ0n) is 26.4. The summed E-state index contributed by atoms with van der Waals surface area (Å²) in [6.07, 6.45) is 18.6. The van der Waals surface area contributed by atoms with Crippen LogP contribution >= 0.6 is 20.5 Å². The highest BCUT2D eigenvalue weighted by Gasteiger charge is 2.39. The van der Waals surface area contributed by atoms with Crippen LogP contribution in [0.25, 0.3) is 0 Å². The SMILES string of the molecule is CCCCCCCCCCOC(C)COC(O)([PH2]=O)C(=O)OSCCC(CCCCCCC)c1cccc(CC)c1. The average Bonchev–Trinajstić information content (AvgIpc) is 2.99. The van der Waals surface area contributed by atoms with Crippen molar-refractivity contribution >= 4 is 26.5 Å². The predicted molar refractivity (Wildman–Crippen MR) is 174 cm³/mol. The molecule has 0 bridgehead atoms. The highest BCUT2D eigenvalue weighted by atomic mass is 32.2. The highest BCUT2D eigenvalue weighted by Crippen LogP contribution is 2.30. The summed E-state index contributed by atoms with van der Waals surface area (Å²) in [5.41, 5.74) is 0.239. The maximum atomic E-state index is 12.6. The summed E-state index contributed by atoms with van der Waals surface area (Å²) in [6, 6.07) is 8.77. The number of ether oxygens (including phenoxy) is 2. The number of carbonyl (C=O) groups excluding carboxylic acids is 1. The molecule has 0 radical (unpaired) electrons. The molecule has 6 nitrogen and oxygen atoms in total. The molecule has 4 atom stereocenters. The van der Waals surface area contributed by atoms with Gasteiger partial charge < -0.3 is 23.3 Å². The number of hydrogen-bond acceptors (Lipinski definition) is 7. The van der Waals surface area contributed by atoms with E-state index in [9.17, 15) is 14.5 Å². The standard InChI is InChI=1S/C33H59O6PS/c1-5-8-10-12-13-14-16-18-24-37-28(4)27-38-33(35,40-36)32(34)39-41-25-23-30(21-17-15-11-9-6-2)31-22-19-20-29(7-3)26-31/h19-20,22,26,28,30,35H,5-18,21,23-25,27,40H2,1-4H3. The molecule has 0 saturated heterocycles. The number of benzene rings is 1. The van der Waals surface area contributed by atoms with Crippen LogP contribution in [0.5, 0.6) is 0 Å². The molecular weight excluding hydrogens is 555 g/mol. The topological polar surface area (TPSA) is 82.1 Å². The third kappa shape index (κ3) is 17.8. The third-order valence-corrected chi connectivity index (χ3v) is 8.96. The van der Waals surface area contributed by atoms with Gasteiger partial charge >= 0.3 is 11.5 Å². The molecule has 0 saturated carbocycles. The van der Waals surface area contributed by atoms with E-state index < -0.39 is 20.0 Å². The molecule has 1 N–H and O–H groups in total. The fourth-order valence-corrected chi connectivity index (χ4v) is 5.93. The molecule has 0 aliphatic rings. The zero-order valence-corrected chi connectivity index (χ0v) is 28.3. The minimum atomic E-state index is -2.42. The van der Waals surface area contributed by atoms with E-state index >= 15 is 0 Å². The first-order valence-corrected chi connectivity index (χ1v) is 18.2. The average molecular weight is 615 g/mol. The van der Waals surface area contributed by atoms with E-state index in [1.807, 2.05) is 6.92 Å². The van der Waals surface area contributed by atoms with Gasteiger partial charge in [-0.25, -0.2) is 4.79 Å². The number of aliphatic hydroxyl groups is 1. The summed E-state index contributed by atoms with van der Waals surface area (Å²) >= 11 is 0.999. The first-order chi connectivity index (χ1) is 19.9. The van der Waals surface area contributed by atoms with Gasteiger partial charge in [0.05, 0.1) is 24.8 Å². The summed E-state index contributed by atoms with van der Waals surface area (Å²) in [5, 5.41) is 10.6. The Hall–Kier alpha value is -0.850. The fourth-order valence-electron chi connectivity index (χ4n) is 4.84. The van der Waals surface area contributed by atoms with Crippen LogP contribution in [0.15, 0.2) is 24.3 Å². The van der Waals surface area contributed by atoms with Gasteiger partial charge in [0.1, 0.15) is 8.46 Å². The summed E-state index contributed by atoms with van der Waals surface area (Å²) in [6.45, 7) is 9.01. The van der Waals surface area contributed by atoms with Crippen LogP contribution in [0, 0.1) is 0 Å². The van der Waals surface area contributed by atoms with Crippen LogP contribution in [0.1, 0.15) is 141 Å². The minimum Gasteiger partial charge on any atom is -0.387 e. The van der Waals surface area contributed by atoms with Crippen molar-refractivity contribution in [2.75, 3.05) is 19.0 Å². The molecule has 1 rings (SSSR count). The monoisotopic (exact) mass is 614 g/mol. The molecule has 1 aromatic rings. The molecule has 0 aliphatic carbocycles. The van der Waals surface area contributed by atoms with Crippen molar-refractivity contribution in [1.82, 2.24) is 0 Å². The quantitative estimate of drug-likeness (QED) is 0.0458. The Kier molecular flexibility index (Phi) is 22.9. The van der Waals surface area contributed by atoms with Gasteiger partial charge in [0.15, 0.2) is 0 Å². The Morgan fingerprint density at radius 1 is 0.927 bits per heavy atom. The predicted octanol–water partition coefficient (Wildman–Crippen LogP) is 9.24. The second-order valence-electron chi connectivity index (χ2n) is 11.3. The molecule has 0 aliphatic heterocycles. The Morgan fingerprint density at radius 2 is 1.56 bits per heavy atom. The molecule has 0 fully saturated rings. The summed E-state index contributed by atoms with van der Waals surface area (Å²) < 4.78 is 28.2. The number of unbranched alkanes of at least 4 members (excludes halogenated alkanes) is 11. The van der Waals surface area contributed by atoms with Gasteiger partial charge in [-0.3, -0.25) is 0 Å². The molecule has 0 spiro atoms. The van der Waals surface area contributed by atoms with E-state index in [4.69, 9.17) is 13.7 Å². The van der Waals surface area contributed by atoms with Crippen molar-refractivity contribution in [3.05, 3.63) is 35.4 Å². The normalized spacial score (nSPS) is 14.8. The summed E-state index contributed by atoms with van der Waals surface area (Å²) in [5.74, 6) is -0.0371. The van der Waals surface area contributed by atoms with E-state index in [2.05, 4.69) is 45.0 Å². The van der Waals surface area contributed by atoms with Crippen LogP contribution in [0.2, 0.25) is 0 Å². The van der Waals surface area contributed by atoms with Crippen molar-refractivity contribution in [2.45, 2.75) is 148 Å². The molecule has 238 valence electrons. The lowest BCUT2D eigenvalue weighted by Crippen LogP contribution is -2.38. The van der Waals surface area contributed by atoms with E-state index in [0.717, 1.165) is 44.1 Å². The molecule has 0 heterocycles. The van der Waals surface area contributed by atoms with Crippen molar-refractivity contribution in [1.29, 1.82) is 0 Å². The lowest BCUT2D eigenvalue weighted by Gasteiger charge is -2.23. The number of hydrogen-bond donors (Lipinski definition) is 1. The lowest BCUT2D eigenvalue weighted by atomic mass is 9.89. The molecule has 0 amide bonds. The van der Waals surface area contributed by atoms with E-state index in [-0.39, 0.29) is 12.7 Å². The first kappa shape index (κ1) is 38.2. The molecule has 1 aromatic carbocycles. The summed E-state index contributed by atoms with van der Waals surface area (Å²) in [7, 11) is -1.94. The second kappa shape index (κ2) is 24.6. The van der Waals surface area contributed by atoms with Crippen LogP contribution in [-0.2, 0) is 29.4 Å². The van der Waals surface area contributed by atoms with Crippen molar-refractivity contribution in [3.63, 3.8) is 0 Å². The first-order valence-electron chi connectivity index (χ1n) is 16.3. The van der Waals surface area contributed by atoms with Crippen LogP contribution in [0.3, 0.4) is 0 Å². The fraction of sp³-hybridized carbons (Fsp3) is 0.788. The number of carbonyl (C=O) groups is 1. The number of aryl methyl sites for hydroxylation is 1. The van der Waals surface area contributed by atoms with Gasteiger partial charge in [0.25, 0.3) is 0 Å². The highest BCUT2D eigenvalue weighted by molar-refractivity contribution is 7.95. The Bertz CT molecular complexity index is 810. The molecule has 0 aromatic heterocycles. The Labute approximate surface area is 256 Å².